The minimum Gasteiger partial charge on any atom is -0.480 e. The van der Waals surface area contributed by atoms with Crippen LogP contribution in [0.2, 0.25) is 0 Å². The van der Waals surface area contributed by atoms with Gasteiger partial charge in [0.15, 0.2) is 0 Å². The van der Waals surface area contributed by atoms with E-state index in [1.54, 1.807) is 0 Å². The van der Waals surface area contributed by atoms with Crippen molar-refractivity contribution < 1.29 is 19.4 Å². The molecule has 0 aromatic rings. The van der Waals surface area contributed by atoms with Gasteiger partial charge in [-0.1, -0.05) is 19.1 Å². The summed E-state index contributed by atoms with van der Waals surface area (Å²) >= 11 is 0. The van der Waals surface area contributed by atoms with Gasteiger partial charge in [0.05, 0.1) is 13.2 Å². The van der Waals surface area contributed by atoms with E-state index >= 15 is 0 Å². The summed E-state index contributed by atoms with van der Waals surface area (Å²) in [5.41, 5.74) is 0.916. The molecule has 0 bridgehead atoms. The fourth-order valence-electron chi connectivity index (χ4n) is 1.27. The Balaban J connectivity index is 3.87. The highest BCUT2D eigenvalue weighted by Crippen LogP contribution is 1.93. The highest BCUT2D eigenvalue weighted by atomic mass is 16.5. The Morgan fingerprint density at radius 3 is 2.61 bits per heavy atom. The standard InChI is InChI=1S/C12H22N2O4/c1-4-6-14(8-11(15)16)12(17)13-5-7-18-9-10(2)3/h2,4-9H2,1,3H3,(H,13,17)(H,15,16). The maximum atomic E-state index is 11.6. The third-order valence-electron chi connectivity index (χ3n) is 1.98. The van der Waals surface area contributed by atoms with Gasteiger partial charge >= 0.3 is 12.0 Å². The molecule has 0 unspecified atom stereocenters. The van der Waals surface area contributed by atoms with Gasteiger partial charge in [-0.3, -0.25) is 4.79 Å². The van der Waals surface area contributed by atoms with Gasteiger partial charge in [-0.15, -0.1) is 0 Å². The predicted molar refractivity (Wildman–Crippen MR) is 68.5 cm³/mol. The highest BCUT2D eigenvalue weighted by Gasteiger charge is 2.14. The Labute approximate surface area is 108 Å². The highest BCUT2D eigenvalue weighted by molar-refractivity contribution is 5.80. The molecule has 0 heterocycles. The van der Waals surface area contributed by atoms with Crippen LogP contribution in [0.25, 0.3) is 0 Å². The smallest absolute Gasteiger partial charge is 0.323 e. The van der Waals surface area contributed by atoms with E-state index in [0.717, 1.165) is 5.57 Å². The Bertz CT molecular complexity index is 292. The van der Waals surface area contributed by atoms with Crippen LogP contribution in [0.1, 0.15) is 20.3 Å². The molecule has 0 atom stereocenters. The topological polar surface area (TPSA) is 78.9 Å². The summed E-state index contributed by atoms with van der Waals surface area (Å²) in [6.45, 7) is 8.76. The number of carbonyl (C=O) groups is 2. The fourth-order valence-corrected chi connectivity index (χ4v) is 1.27. The second kappa shape index (κ2) is 9.47. The van der Waals surface area contributed by atoms with E-state index in [9.17, 15) is 9.59 Å². The summed E-state index contributed by atoms with van der Waals surface area (Å²) < 4.78 is 5.22. The summed E-state index contributed by atoms with van der Waals surface area (Å²) in [6, 6.07) is -0.377. The molecule has 0 saturated heterocycles. The quantitative estimate of drug-likeness (QED) is 0.479. The van der Waals surface area contributed by atoms with Crippen molar-refractivity contribution in [2.24, 2.45) is 0 Å². The molecule has 0 aliphatic rings. The number of ether oxygens (including phenoxy) is 1. The van der Waals surface area contributed by atoms with E-state index in [4.69, 9.17) is 9.84 Å². The molecule has 0 aliphatic heterocycles. The molecule has 0 aliphatic carbocycles. The molecular formula is C12H22N2O4. The first kappa shape index (κ1) is 16.4. The van der Waals surface area contributed by atoms with E-state index in [1.165, 1.54) is 4.90 Å². The molecular weight excluding hydrogens is 236 g/mol. The molecule has 0 aromatic carbocycles. The van der Waals surface area contributed by atoms with Gasteiger partial charge in [-0.2, -0.15) is 0 Å². The Hall–Kier alpha value is -1.56. The third kappa shape index (κ3) is 8.58. The van der Waals surface area contributed by atoms with E-state index in [0.29, 0.717) is 32.7 Å². The number of carboxylic acids is 1. The maximum Gasteiger partial charge on any atom is 0.323 e. The zero-order valence-electron chi connectivity index (χ0n) is 11.1. The molecule has 0 saturated carbocycles. The van der Waals surface area contributed by atoms with Crippen molar-refractivity contribution in [1.29, 1.82) is 0 Å². The minimum atomic E-state index is -1.02. The summed E-state index contributed by atoms with van der Waals surface area (Å²) in [5, 5.41) is 11.3. The molecule has 0 rings (SSSR count). The number of hydrogen-bond donors (Lipinski definition) is 2. The molecule has 0 fully saturated rings. The SMILES string of the molecule is C=C(C)COCCNC(=O)N(CCC)CC(=O)O. The van der Waals surface area contributed by atoms with E-state index in [1.807, 2.05) is 13.8 Å². The zero-order chi connectivity index (χ0) is 14.0. The fraction of sp³-hybridized carbons (Fsp3) is 0.667. The second-order valence-electron chi connectivity index (χ2n) is 4.06. The van der Waals surface area contributed by atoms with Crippen LogP contribution in [0.15, 0.2) is 12.2 Å². The zero-order valence-corrected chi connectivity index (χ0v) is 11.1. The van der Waals surface area contributed by atoms with E-state index in [2.05, 4.69) is 11.9 Å². The number of urea groups is 1. The first-order valence-electron chi connectivity index (χ1n) is 5.94. The van der Waals surface area contributed by atoms with E-state index < -0.39 is 5.97 Å². The van der Waals surface area contributed by atoms with Crippen LogP contribution in [0.4, 0.5) is 4.79 Å². The lowest BCUT2D eigenvalue weighted by molar-refractivity contribution is -0.137. The molecule has 6 heteroatoms. The molecule has 104 valence electrons. The molecule has 6 nitrogen and oxygen atoms in total. The lowest BCUT2D eigenvalue weighted by atomic mass is 10.4. The molecule has 2 N–H and O–H groups in total. The predicted octanol–water partition coefficient (Wildman–Crippen LogP) is 1.09. The van der Waals surface area contributed by atoms with Gasteiger partial charge in [0.25, 0.3) is 0 Å². The maximum absolute atomic E-state index is 11.6. The van der Waals surface area contributed by atoms with Gasteiger partial charge < -0.3 is 20.1 Å². The van der Waals surface area contributed by atoms with Gasteiger partial charge in [-0.05, 0) is 13.3 Å². The van der Waals surface area contributed by atoms with Crippen LogP contribution in [0.5, 0.6) is 0 Å². The van der Waals surface area contributed by atoms with Crippen molar-refractivity contribution in [2.45, 2.75) is 20.3 Å². The van der Waals surface area contributed by atoms with Crippen molar-refractivity contribution >= 4 is 12.0 Å². The van der Waals surface area contributed by atoms with Crippen LogP contribution in [0, 0.1) is 0 Å². The van der Waals surface area contributed by atoms with Gasteiger partial charge in [-0.25, -0.2) is 4.79 Å². The van der Waals surface area contributed by atoms with Crippen LogP contribution >= 0.6 is 0 Å². The summed E-state index contributed by atoms with van der Waals surface area (Å²) in [7, 11) is 0. The first-order valence-corrected chi connectivity index (χ1v) is 5.94. The summed E-state index contributed by atoms with van der Waals surface area (Å²) in [4.78, 5) is 23.5. The molecule has 0 aromatic heterocycles. The van der Waals surface area contributed by atoms with Crippen LogP contribution in [0.3, 0.4) is 0 Å². The van der Waals surface area contributed by atoms with Crippen LogP contribution in [-0.4, -0.2) is 54.9 Å². The number of aliphatic carboxylic acids is 1. The van der Waals surface area contributed by atoms with Crippen molar-refractivity contribution in [3.8, 4) is 0 Å². The number of carboxylic acid groups (broad SMARTS) is 1. The third-order valence-corrected chi connectivity index (χ3v) is 1.98. The van der Waals surface area contributed by atoms with Gasteiger partial charge in [0, 0.05) is 13.1 Å². The minimum absolute atomic E-state index is 0.285. The first-order chi connectivity index (χ1) is 8.47. The van der Waals surface area contributed by atoms with Crippen LogP contribution in [-0.2, 0) is 9.53 Å². The number of rotatable bonds is 9. The largest absolute Gasteiger partial charge is 0.480 e. The lowest BCUT2D eigenvalue weighted by Crippen LogP contribution is -2.44. The number of carbonyl (C=O) groups excluding carboxylic acids is 1. The Kier molecular flexibility index (Phi) is 8.65. The average molecular weight is 258 g/mol. The van der Waals surface area contributed by atoms with Crippen molar-refractivity contribution in [1.82, 2.24) is 10.2 Å². The molecule has 2 amide bonds. The number of nitrogens with one attached hydrogen (secondary N) is 1. The average Bonchev–Trinajstić information content (AvgIpc) is 2.26. The summed E-state index contributed by atoms with van der Waals surface area (Å²) in [6.07, 6.45) is 0.715. The molecule has 18 heavy (non-hydrogen) atoms. The molecule has 0 spiro atoms. The van der Waals surface area contributed by atoms with Gasteiger partial charge in [0.2, 0.25) is 0 Å². The van der Waals surface area contributed by atoms with Gasteiger partial charge in [0.1, 0.15) is 6.54 Å². The summed E-state index contributed by atoms with van der Waals surface area (Å²) in [5.74, 6) is -1.02. The lowest BCUT2D eigenvalue weighted by Gasteiger charge is -2.20. The van der Waals surface area contributed by atoms with E-state index in [-0.39, 0.29) is 12.6 Å². The van der Waals surface area contributed by atoms with Crippen molar-refractivity contribution in [3.63, 3.8) is 0 Å². The normalized spacial score (nSPS) is 9.89. The van der Waals surface area contributed by atoms with Crippen molar-refractivity contribution in [3.05, 3.63) is 12.2 Å². The second-order valence-corrected chi connectivity index (χ2v) is 4.06. The number of amides is 2. The Morgan fingerprint density at radius 1 is 1.44 bits per heavy atom. The molecule has 0 radical (unpaired) electrons. The van der Waals surface area contributed by atoms with Crippen molar-refractivity contribution in [2.75, 3.05) is 32.8 Å². The number of nitrogens with zero attached hydrogens (tertiary/aromatic N) is 1. The monoisotopic (exact) mass is 258 g/mol. The van der Waals surface area contributed by atoms with Crippen LogP contribution < -0.4 is 5.32 Å². The Morgan fingerprint density at radius 2 is 2.11 bits per heavy atom. The number of hydrogen-bond acceptors (Lipinski definition) is 3.